The predicted molar refractivity (Wildman–Crippen MR) is 88.5 cm³/mol. The average molecular weight is 326 g/mol. The van der Waals surface area contributed by atoms with Crippen molar-refractivity contribution in [2.24, 2.45) is 0 Å². The number of benzene rings is 1. The number of aromatic nitrogens is 2. The molecule has 4 rings (SSSR count). The standard InChI is InChI=1S/C18H19FN4O/c19-15-3-1-2-4-16(15)23-8-7-13(10-23)22-18(24)14-9-20-11-21-17(14)12-5-6-12/h1-4,9,11-13H,5-8,10H2,(H,22,24). The number of carbonyl (C=O) groups excluding carboxylic acids is 1. The summed E-state index contributed by atoms with van der Waals surface area (Å²) in [5.41, 5.74) is 2.02. The lowest BCUT2D eigenvalue weighted by Crippen LogP contribution is -2.37. The van der Waals surface area contributed by atoms with Gasteiger partial charge in [-0.2, -0.15) is 0 Å². The van der Waals surface area contributed by atoms with Crippen molar-refractivity contribution in [1.82, 2.24) is 15.3 Å². The molecule has 24 heavy (non-hydrogen) atoms. The van der Waals surface area contributed by atoms with Gasteiger partial charge in [0.25, 0.3) is 5.91 Å². The Morgan fingerprint density at radius 3 is 2.88 bits per heavy atom. The lowest BCUT2D eigenvalue weighted by molar-refractivity contribution is 0.0938. The molecule has 1 aliphatic carbocycles. The van der Waals surface area contributed by atoms with Gasteiger partial charge in [-0.1, -0.05) is 12.1 Å². The van der Waals surface area contributed by atoms with Crippen LogP contribution < -0.4 is 10.2 Å². The van der Waals surface area contributed by atoms with E-state index < -0.39 is 0 Å². The molecule has 0 spiro atoms. The highest BCUT2D eigenvalue weighted by Gasteiger charge is 2.31. The van der Waals surface area contributed by atoms with Gasteiger partial charge in [-0.15, -0.1) is 0 Å². The summed E-state index contributed by atoms with van der Waals surface area (Å²) in [5.74, 6) is 0.0436. The van der Waals surface area contributed by atoms with Crippen molar-refractivity contribution in [2.45, 2.75) is 31.2 Å². The molecule has 1 aliphatic heterocycles. The van der Waals surface area contributed by atoms with Gasteiger partial charge in [0.1, 0.15) is 12.1 Å². The summed E-state index contributed by atoms with van der Waals surface area (Å²) in [7, 11) is 0. The van der Waals surface area contributed by atoms with Gasteiger partial charge in [-0.3, -0.25) is 4.79 Å². The first-order valence-electron chi connectivity index (χ1n) is 8.32. The molecule has 1 saturated heterocycles. The number of nitrogens with zero attached hydrogens (tertiary/aromatic N) is 3. The second-order valence-corrected chi connectivity index (χ2v) is 6.45. The molecule has 1 amide bonds. The largest absolute Gasteiger partial charge is 0.367 e. The monoisotopic (exact) mass is 326 g/mol. The van der Waals surface area contributed by atoms with Crippen molar-refractivity contribution in [3.05, 3.63) is 53.9 Å². The maximum Gasteiger partial charge on any atom is 0.254 e. The fourth-order valence-electron chi connectivity index (χ4n) is 3.26. The van der Waals surface area contributed by atoms with Crippen LogP contribution in [0.3, 0.4) is 0 Å². The topological polar surface area (TPSA) is 58.1 Å². The second kappa shape index (κ2) is 6.19. The zero-order valence-electron chi connectivity index (χ0n) is 13.3. The first-order valence-corrected chi connectivity index (χ1v) is 8.32. The first-order chi connectivity index (χ1) is 11.7. The minimum Gasteiger partial charge on any atom is -0.367 e. The van der Waals surface area contributed by atoms with Gasteiger partial charge in [0, 0.05) is 31.2 Å². The van der Waals surface area contributed by atoms with Crippen molar-refractivity contribution in [3.63, 3.8) is 0 Å². The zero-order valence-corrected chi connectivity index (χ0v) is 13.3. The van der Waals surface area contributed by atoms with E-state index in [4.69, 9.17) is 0 Å². The highest BCUT2D eigenvalue weighted by Crippen LogP contribution is 2.40. The molecule has 1 unspecified atom stereocenters. The molecular weight excluding hydrogens is 307 g/mol. The summed E-state index contributed by atoms with van der Waals surface area (Å²) in [6, 6.07) is 6.75. The summed E-state index contributed by atoms with van der Waals surface area (Å²) in [6.07, 6.45) is 6.07. The quantitative estimate of drug-likeness (QED) is 0.938. The van der Waals surface area contributed by atoms with Gasteiger partial charge in [0.05, 0.1) is 16.9 Å². The van der Waals surface area contributed by atoms with Crippen molar-refractivity contribution >= 4 is 11.6 Å². The maximum absolute atomic E-state index is 13.9. The average Bonchev–Trinajstić information content (AvgIpc) is 3.35. The number of anilines is 1. The first kappa shape index (κ1) is 15.1. The highest BCUT2D eigenvalue weighted by atomic mass is 19.1. The van der Waals surface area contributed by atoms with Gasteiger partial charge in [0.15, 0.2) is 0 Å². The number of amides is 1. The van der Waals surface area contributed by atoms with E-state index in [1.807, 2.05) is 11.0 Å². The van der Waals surface area contributed by atoms with Crippen LogP contribution in [0.2, 0.25) is 0 Å². The Labute approximate surface area is 139 Å². The maximum atomic E-state index is 13.9. The van der Waals surface area contributed by atoms with Gasteiger partial charge < -0.3 is 10.2 Å². The van der Waals surface area contributed by atoms with Crippen LogP contribution in [0.1, 0.15) is 41.2 Å². The normalized spacial score (nSPS) is 20.2. The third kappa shape index (κ3) is 2.96. The molecule has 124 valence electrons. The van der Waals surface area contributed by atoms with Crippen LogP contribution in [0, 0.1) is 5.82 Å². The summed E-state index contributed by atoms with van der Waals surface area (Å²) >= 11 is 0. The zero-order chi connectivity index (χ0) is 16.5. The lowest BCUT2D eigenvalue weighted by Gasteiger charge is -2.19. The van der Waals surface area contributed by atoms with E-state index >= 15 is 0 Å². The molecule has 2 aliphatic rings. The van der Waals surface area contributed by atoms with Gasteiger partial charge in [0.2, 0.25) is 0 Å². The number of para-hydroxylation sites is 1. The molecule has 2 heterocycles. The minimum absolute atomic E-state index is 0.00404. The van der Waals surface area contributed by atoms with Crippen molar-refractivity contribution in [3.8, 4) is 0 Å². The Bertz CT molecular complexity index is 762. The molecule has 1 atom stereocenters. The summed E-state index contributed by atoms with van der Waals surface area (Å²) in [4.78, 5) is 22.8. The van der Waals surface area contributed by atoms with Crippen molar-refractivity contribution in [2.75, 3.05) is 18.0 Å². The van der Waals surface area contributed by atoms with Crippen LogP contribution in [0.15, 0.2) is 36.8 Å². The lowest BCUT2D eigenvalue weighted by atomic mass is 10.1. The van der Waals surface area contributed by atoms with Crippen LogP contribution >= 0.6 is 0 Å². The molecule has 5 nitrogen and oxygen atoms in total. The molecule has 2 fully saturated rings. The number of nitrogens with one attached hydrogen (secondary N) is 1. The van der Waals surface area contributed by atoms with Crippen LogP contribution in [0.4, 0.5) is 10.1 Å². The molecule has 1 aromatic carbocycles. The molecular formula is C18H19FN4O. The Kier molecular flexibility index (Phi) is 3.88. The molecule has 6 heteroatoms. The Balaban J connectivity index is 1.44. The van der Waals surface area contributed by atoms with E-state index in [0.717, 1.165) is 31.5 Å². The molecule has 1 saturated carbocycles. The fraction of sp³-hybridized carbons (Fsp3) is 0.389. The van der Waals surface area contributed by atoms with E-state index in [0.29, 0.717) is 23.7 Å². The van der Waals surface area contributed by atoms with Gasteiger partial charge in [-0.25, -0.2) is 14.4 Å². The second-order valence-electron chi connectivity index (χ2n) is 6.45. The molecule has 2 aromatic rings. The van der Waals surface area contributed by atoms with Crippen LogP contribution in [-0.2, 0) is 0 Å². The summed E-state index contributed by atoms with van der Waals surface area (Å²) < 4.78 is 13.9. The van der Waals surface area contributed by atoms with Crippen LogP contribution in [0.25, 0.3) is 0 Å². The number of carbonyl (C=O) groups is 1. The predicted octanol–water partition coefficient (Wildman–Crippen LogP) is 2.50. The molecule has 1 N–H and O–H groups in total. The Morgan fingerprint density at radius 2 is 2.08 bits per heavy atom. The third-order valence-electron chi connectivity index (χ3n) is 4.67. The Morgan fingerprint density at radius 1 is 1.25 bits per heavy atom. The van der Waals surface area contributed by atoms with Crippen molar-refractivity contribution < 1.29 is 9.18 Å². The molecule has 1 aromatic heterocycles. The molecule has 0 radical (unpaired) electrons. The summed E-state index contributed by atoms with van der Waals surface area (Å²) in [6.45, 7) is 1.34. The highest BCUT2D eigenvalue weighted by molar-refractivity contribution is 5.95. The number of hydrogen-bond donors (Lipinski definition) is 1. The van der Waals surface area contributed by atoms with Gasteiger partial charge >= 0.3 is 0 Å². The Hall–Kier alpha value is -2.50. The smallest absolute Gasteiger partial charge is 0.254 e. The van der Waals surface area contributed by atoms with E-state index in [-0.39, 0.29) is 17.8 Å². The minimum atomic E-state index is -0.225. The fourth-order valence-corrected chi connectivity index (χ4v) is 3.26. The van der Waals surface area contributed by atoms with Crippen molar-refractivity contribution in [1.29, 1.82) is 0 Å². The number of rotatable bonds is 4. The SMILES string of the molecule is O=C(NC1CCN(c2ccccc2F)C1)c1cncnc1C1CC1. The van der Waals surface area contributed by atoms with E-state index in [1.165, 1.54) is 12.4 Å². The number of halogens is 1. The molecule has 0 bridgehead atoms. The van der Waals surface area contributed by atoms with Crippen LogP contribution in [0.5, 0.6) is 0 Å². The summed E-state index contributed by atoms with van der Waals surface area (Å²) in [5, 5.41) is 3.05. The van der Waals surface area contributed by atoms with E-state index in [2.05, 4.69) is 15.3 Å². The van der Waals surface area contributed by atoms with Crippen LogP contribution in [-0.4, -0.2) is 35.0 Å². The van der Waals surface area contributed by atoms with E-state index in [9.17, 15) is 9.18 Å². The number of hydrogen-bond acceptors (Lipinski definition) is 4. The van der Waals surface area contributed by atoms with Gasteiger partial charge in [-0.05, 0) is 31.4 Å². The van der Waals surface area contributed by atoms with E-state index in [1.54, 1.807) is 18.3 Å². The third-order valence-corrected chi connectivity index (χ3v) is 4.67.